The van der Waals surface area contributed by atoms with Gasteiger partial charge in [0.25, 0.3) is 0 Å². The maximum Gasteiger partial charge on any atom is 0.356 e. The molecule has 1 heterocycles. The van der Waals surface area contributed by atoms with E-state index >= 15 is 0 Å². The maximum atomic E-state index is 11.4. The number of carbonyl (C=O) groups is 1. The zero-order chi connectivity index (χ0) is 13.7. The van der Waals surface area contributed by atoms with Crippen molar-refractivity contribution in [3.8, 4) is 5.75 Å². The number of rotatable bonds is 5. The lowest BCUT2D eigenvalue weighted by Crippen LogP contribution is -2.14. The minimum atomic E-state index is -0.413. The second-order valence-electron chi connectivity index (χ2n) is 3.77. The van der Waals surface area contributed by atoms with E-state index in [2.05, 4.69) is 9.72 Å². The maximum absolute atomic E-state index is 11.4. The third-order valence-electron chi connectivity index (χ3n) is 2.52. The van der Waals surface area contributed by atoms with Crippen LogP contribution in [0.5, 0.6) is 5.75 Å². The van der Waals surface area contributed by atoms with Gasteiger partial charge in [-0.05, 0) is 24.3 Å². The van der Waals surface area contributed by atoms with Crippen molar-refractivity contribution in [2.45, 2.75) is 6.54 Å². The average Bonchev–Trinajstić information content (AvgIpc) is 2.88. The third kappa shape index (κ3) is 3.48. The van der Waals surface area contributed by atoms with Gasteiger partial charge >= 0.3 is 5.97 Å². The van der Waals surface area contributed by atoms with Gasteiger partial charge in [-0.1, -0.05) is 11.6 Å². The molecular formula is C13H13ClN2O3. The fourth-order valence-electron chi connectivity index (χ4n) is 1.57. The molecule has 19 heavy (non-hydrogen) atoms. The van der Waals surface area contributed by atoms with Gasteiger partial charge in [-0.3, -0.25) is 0 Å². The highest BCUT2D eigenvalue weighted by Crippen LogP contribution is 2.15. The lowest BCUT2D eigenvalue weighted by atomic mass is 10.3. The molecule has 6 heteroatoms. The van der Waals surface area contributed by atoms with Gasteiger partial charge in [0, 0.05) is 5.02 Å². The van der Waals surface area contributed by atoms with Gasteiger partial charge in [0.2, 0.25) is 0 Å². The SMILES string of the molecule is COC(=O)c1cncn1CCOc1ccc(Cl)cc1. The van der Waals surface area contributed by atoms with E-state index < -0.39 is 5.97 Å². The average molecular weight is 281 g/mol. The summed E-state index contributed by atoms with van der Waals surface area (Å²) in [5, 5.41) is 0.662. The molecule has 2 aromatic rings. The number of halogens is 1. The van der Waals surface area contributed by atoms with Gasteiger partial charge in [0.1, 0.15) is 18.1 Å². The predicted molar refractivity (Wildman–Crippen MR) is 70.5 cm³/mol. The van der Waals surface area contributed by atoms with Crippen molar-refractivity contribution in [1.29, 1.82) is 0 Å². The fourth-order valence-corrected chi connectivity index (χ4v) is 1.69. The number of hydrogen-bond acceptors (Lipinski definition) is 4. The first-order valence-corrected chi connectivity index (χ1v) is 6.05. The van der Waals surface area contributed by atoms with Crippen LogP contribution in [-0.2, 0) is 11.3 Å². The Hall–Kier alpha value is -2.01. The fraction of sp³-hybridized carbons (Fsp3) is 0.231. The number of carbonyl (C=O) groups excluding carboxylic acids is 1. The van der Waals surface area contributed by atoms with Crippen molar-refractivity contribution < 1.29 is 14.3 Å². The monoisotopic (exact) mass is 280 g/mol. The molecule has 1 aromatic carbocycles. The van der Waals surface area contributed by atoms with Crippen LogP contribution >= 0.6 is 11.6 Å². The number of esters is 1. The highest BCUT2D eigenvalue weighted by molar-refractivity contribution is 6.30. The second-order valence-corrected chi connectivity index (χ2v) is 4.20. The first-order chi connectivity index (χ1) is 9.20. The van der Waals surface area contributed by atoms with Crippen LogP contribution in [0, 0.1) is 0 Å². The Morgan fingerprint density at radius 1 is 1.37 bits per heavy atom. The van der Waals surface area contributed by atoms with Gasteiger partial charge in [-0.25, -0.2) is 9.78 Å². The molecule has 0 spiro atoms. The smallest absolute Gasteiger partial charge is 0.356 e. The summed E-state index contributed by atoms with van der Waals surface area (Å²) in [6.07, 6.45) is 3.03. The van der Waals surface area contributed by atoms with E-state index in [-0.39, 0.29) is 0 Å². The molecule has 0 atom stereocenters. The summed E-state index contributed by atoms with van der Waals surface area (Å²) in [5.74, 6) is 0.313. The summed E-state index contributed by atoms with van der Waals surface area (Å²) in [6.45, 7) is 0.926. The molecule has 0 fully saturated rings. The summed E-state index contributed by atoms with van der Waals surface area (Å²) in [4.78, 5) is 15.3. The number of imidazole rings is 1. The summed E-state index contributed by atoms with van der Waals surface area (Å²) in [5.41, 5.74) is 0.405. The van der Waals surface area contributed by atoms with Crippen LogP contribution in [0.2, 0.25) is 5.02 Å². The lowest BCUT2D eigenvalue weighted by molar-refractivity contribution is 0.0587. The van der Waals surface area contributed by atoms with Crippen LogP contribution in [0.15, 0.2) is 36.8 Å². The van der Waals surface area contributed by atoms with Gasteiger partial charge < -0.3 is 14.0 Å². The minimum absolute atomic E-state index is 0.405. The molecule has 2 rings (SSSR count). The van der Waals surface area contributed by atoms with E-state index in [4.69, 9.17) is 16.3 Å². The Labute approximate surface area is 115 Å². The number of hydrogen-bond donors (Lipinski definition) is 0. The molecular weight excluding hydrogens is 268 g/mol. The molecule has 0 aliphatic rings. The van der Waals surface area contributed by atoms with E-state index in [0.29, 0.717) is 23.9 Å². The van der Waals surface area contributed by atoms with E-state index in [0.717, 1.165) is 5.75 Å². The van der Waals surface area contributed by atoms with Crippen LogP contribution in [0.4, 0.5) is 0 Å². The van der Waals surface area contributed by atoms with E-state index in [1.54, 1.807) is 35.2 Å². The standard InChI is InChI=1S/C13H13ClN2O3/c1-18-13(17)12-8-15-9-16(12)6-7-19-11-4-2-10(14)3-5-11/h2-5,8-9H,6-7H2,1H3. The number of benzene rings is 1. The van der Waals surface area contributed by atoms with Crippen LogP contribution in [0.25, 0.3) is 0 Å². The first kappa shape index (κ1) is 13.4. The zero-order valence-electron chi connectivity index (χ0n) is 10.4. The summed E-state index contributed by atoms with van der Waals surface area (Å²) in [6, 6.07) is 7.09. The number of ether oxygens (including phenoxy) is 2. The Morgan fingerprint density at radius 2 is 2.11 bits per heavy atom. The molecule has 0 aliphatic carbocycles. The van der Waals surface area contributed by atoms with Crippen molar-refractivity contribution in [1.82, 2.24) is 9.55 Å². The van der Waals surface area contributed by atoms with Gasteiger partial charge in [0.15, 0.2) is 0 Å². The Bertz CT molecular complexity index is 551. The summed E-state index contributed by atoms with van der Waals surface area (Å²) in [7, 11) is 1.34. The normalized spacial score (nSPS) is 10.2. The number of methoxy groups -OCH3 is 1. The van der Waals surface area contributed by atoms with Crippen LogP contribution in [-0.4, -0.2) is 29.2 Å². The lowest BCUT2D eigenvalue weighted by Gasteiger charge is -2.08. The Morgan fingerprint density at radius 3 is 2.79 bits per heavy atom. The van der Waals surface area contributed by atoms with Crippen molar-refractivity contribution in [3.63, 3.8) is 0 Å². The molecule has 0 aliphatic heterocycles. The molecule has 1 aromatic heterocycles. The zero-order valence-corrected chi connectivity index (χ0v) is 11.1. The van der Waals surface area contributed by atoms with E-state index in [1.807, 2.05) is 0 Å². The van der Waals surface area contributed by atoms with Gasteiger partial charge in [-0.2, -0.15) is 0 Å². The van der Waals surface area contributed by atoms with Crippen LogP contribution in [0.1, 0.15) is 10.5 Å². The third-order valence-corrected chi connectivity index (χ3v) is 2.77. The first-order valence-electron chi connectivity index (χ1n) is 5.67. The molecule has 100 valence electrons. The number of aromatic nitrogens is 2. The molecule has 0 amide bonds. The quantitative estimate of drug-likeness (QED) is 0.789. The topological polar surface area (TPSA) is 53.3 Å². The highest BCUT2D eigenvalue weighted by atomic mass is 35.5. The Kier molecular flexibility index (Phi) is 4.41. The van der Waals surface area contributed by atoms with Crippen molar-refractivity contribution in [2.75, 3.05) is 13.7 Å². The number of nitrogens with zero attached hydrogens (tertiary/aromatic N) is 2. The summed E-state index contributed by atoms with van der Waals surface area (Å²) < 4.78 is 11.9. The van der Waals surface area contributed by atoms with Gasteiger partial charge in [-0.15, -0.1) is 0 Å². The summed E-state index contributed by atoms with van der Waals surface area (Å²) >= 11 is 5.78. The highest BCUT2D eigenvalue weighted by Gasteiger charge is 2.11. The molecule has 0 saturated carbocycles. The molecule has 0 N–H and O–H groups in total. The molecule has 0 radical (unpaired) electrons. The predicted octanol–water partition coefficient (Wildman–Crippen LogP) is 2.40. The van der Waals surface area contributed by atoms with E-state index in [9.17, 15) is 4.79 Å². The van der Waals surface area contributed by atoms with E-state index in [1.165, 1.54) is 13.3 Å². The largest absolute Gasteiger partial charge is 0.492 e. The molecule has 0 saturated heterocycles. The van der Waals surface area contributed by atoms with Crippen LogP contribution in [0.3, 0.4) is 0 Å². The minimum Gasteiger partial charge on any atom is -0.492 e. The van der Waals surface area contributed by atoms with Crippen molar-refractivity contribution in [2.24, 2.45) is 0 Å². The molecule has 0 unspecified atom stereocenters. The van der Waals surface area contributed by atoms with Crippen molar-refractivity contribution in [3.05, 3.63) is 47.5 Å². The molecule has 5 nitrogen and oxygen atoms in total. The van der Waals surface area contributed by atoms with Crippen LogP contribution < -0.4 is 4.74 Å². The van der Waals surface area contributed by atoms with Gasteiger partial charge in [0.05, 0.1) is 26.2 Å². The Balaban J connectivity index is 1.91. The second kappa shape index (κ2) is 6.24. The van der Waals surface area contributed by atoms with Crippen molar-refractivity contribution >= 4 is 17.6 Å². The molecule has 0 bridgehead atoms.